The van der Waals surface area contributed by atoms with Gasteiger partial charge in [-0.1, -0.05) is 18.2 Å². The minimum Gasteiger partial charge on any atom is -0.549 e. The Morgan fingerprint density at radius 3 is 2.72 bits per heavy atom. The van der Waals surface area contributed by atoms with Gasteiger partial charge in [0, 0.05) is 27.9 Å². The molecule has 1 aromatic heterocycles. The predicted octanol–water partition coefficient (Wildman–Crippen LogP) is 1.14. The van der Waals surface area contributed by atoms with Gasteiger partial charge < -0.3 is 14.9 Å². The van der Waals surface area contributed by atoms with Gasteiger partial charge in [-0.05, 0) is 13.0 Å². The number of Topliss-reactive ketones (excluding diaryl/α,β-unsaturated/α-hetero) is 1. The van der Waals surface area contributed by atoms with Crippen molar-refractivity contribution in [2.24, 2.45) is 0 Å². The first-order valence-electron chi connectivity index (χ1n) is 5.47. The van der Waals surface area contributed by atoms with Crippen LogP contribution < -0.4 is 5.11 Å². The number of rotatable bonds is 5. The number of para-hydroxylation sites is 1. The first-order valence-corrected chi connectivity index (χ1v) is 6.63. The maximum atomic E-state index is 12.1. The van der Waals surface area contributed by atoms with Gasteiger partial charge in [0.1, 0.15) is 0 Å². The Morgan fingerprint density at radius 1 is 1.28 bits per heavy atom. The number of carbonyl (C=O) groups excluding carboxylic acids is 2. The smallest absolute Gasteiger partial charge is 0.175 e. The Labute approximate surface area is 108 Å². The van der Waals surface area contributed by atoms with Gasteiger partial charge in [-0.3, -0.25) is 4.79 Å². The van der Waals surface area contributed by atoms with Gasteiger partial charge in [0.2, 0.25) is 0 Å². The van der Waals surface area contributed by atoms with Crippen molar-refractivity contribution in [2.75, 3.05) is 11.5 Å². The second kappa shape index (κ2) is 5.27. The summed E-state index contributed by atoms with van der Waals surface area (Å²) in [6, 6.07) is 7.57. The van der Waals surface area contributed by atoms with E-state index < -0.39 is 5.97 Å². The Morgan fingerprint density at radius 2 is 2.00 bits per heavy atom. The molecule has 1 heterocycles. The maximum Gasteiger partial charge on any atom is 0.175 e. The maximum absolute atomic E-state index is 12.1. The van der Waals surface area contributed by atoms with Crippen molar-refractivity contribution in [3.05, 3.63) is 35.5 Å². The second-order valence-corrected chi connectivity index (χ2v) is 4.94. The van der Waals surface area contributed by atoms with Crippen LogP contribution >= 0.6 is 11.8 Å². The zero-order valence-corrected chi connectivity index (χ0v) is 10.7. The molecule has 4 nitrogen and oxygen atoms in total. The number of aliphatic carboxylic acids is 1. The van der Waals surface area contributed by atoms with Crippen LogP contribution in [0.3, 0.4) is 0 Å². The third-order valence-corrected chi connectivity index (χ3v) is 3.53. The molecule has 1 N–H and O–H groups in total. The van der Waals surface area contributed by atoms with E-state index in [1.54, 1.807) is 0 Å². The first-order chi connectivity index (χ1) is 8.59. The van der Waals surface area contributed by atoms with Crippen molar-refractivity contribution >= 4 is 34.4 Å². The minimum atomic E-state index is -1.15. The molecule has 0 amide bonds. The topological polar surface area (TPSA) is 73.0 Å². The monoisotopic (exact) mass is 262 g/mol. The number of carbonyl (C=O) groups is 2. The van der Waals surface area contributed by atoms with Gasteiger partial charge in [0.05, 0.1) is 11.7 Å². The van der Waals surface area contributed by atoms with Gasteiger partial charge in [-0.25, -0.2) is 0 Å². The molecule has 18 heavy (non-hydrogen) atoms. The summed E-state index contributed by atoms with van der Waals surface area (Å²) in [4.78, 5) is 25.5. The number of carboxylic acid groups (broad SMARTS) is 1. The van der Waals surface area contributed by atoms with Crippen LogP contribution in [0.15, 0.2) is 24.3 Å². The lowest BCUT2D eigenvalue weighted by Gasteiger charge is -2.02. The molecule has 94 valence electrons. The number of ketones is 1. The molecule has 0 aliphatic rings. The van der Waals surface area contributed by atoms with Crippen LogP contribution in [0, 0.1) is 6.92 Å². The fraction of sp³-hybridized carbons (Fsp3) is 0.231. The lowest BCUT2D eigenvalue weighted by Crippen LogP contribution is -2.25. The number of fused-ring (bicyclic) bond motifs is 1. The van der Waals surface area contributed by atoms with Gasteiger partial charge >= 0.3 is 0 Å². The molecule has 2 rings (SSSR count). The number of carboxylic acids is 1. The zero-order valence-electron chi connectivity index (χ0n) is 9.86. The van der Waals surface area contributed by atoms with E-state index in [0.717, 1.165) is 28.4 Å². The van der Waals surface area contributed by atoms with E-state index in [1.165, 1.54) is 0 Å². The Bertz CT molecular complexity index is 603. The quantitative estimate of drug-likeness (QED) is 0.820. The standard InChI is InChI=1S/C13H13NO3S/c1-8-13(11(15)6-18-7-12(16)17)9-4-2-3-5-10(9)14-8/h2-5,14H,6-7H2,1H3,(H,16,17)/p-1. The van der Waals surface area contributed by atoms with Crippen molar-refractivity contribution in [1.29, 1.82) is 0 Å². The molecule has 0 saturated heterocycles. The molecule has 0 unspecified atom stereocenters. The molecule has 0 fully saturated rings. The van der Waals surface area contributed by atoms with E-state index >= 15 is 0 Å². The third kappa shape index (κ3) is 2.56. The van der Waals surface area contributed by atoms with Crippen LogP contribution in [-0.4, -0.2) is 28.2 Å². The molecular formula is C13H12NO3S-. The number of hydrogen-bond acceptors (Lipinski definition) is 4. The van der Waals surface area contributed by atoms with Crippen molar-refractivity contribution in [3.63, 3.8) is 0 Å². The van der Waals surface area contributed by atoms with Crippen LogP contribution in [0.5, 0.6) is 0 Å². The highest BCUT2D eigenvalue weighted by Gasteiger charge is 2.15. The summed E-state index contributed by atoms with van der Waals surface area (Å²) in [6.45, 7) is 1.84. The highest BCUT2D eigenvalue weighted by molar-refractivity contribution is 8.00. The molecule has 0 saturated carbocycles. The number of hydrogen-bond donors (Lipinski definition) is 1. The summed E-state index contributed by atoms with van der Waals surface area (Å²) < 4.78 is 0. The fourth-order valence-electron chi connectivity index (χ4n) is 1.94. The number of aromatic nitrogens is 1. The Balaban J connectivity index is 2.22. The second-order valence-electron chi connectivity index (χ2n) is 3.96. The molecule has 0 atom stereocenters. The van der Waals surface area contributed by atoms with Crippen LogP contribution in [0.4, 0.5) is 0 Å². The molecule has 5 heteroatoms. The van der Waals surface area contributed by atoms with E-state index in [9.17, 15) is 14.7 Å². The minimum absolute atomic E-state index is 0.0591. The van der Waals surface area contributed by atoms with Crippen molar-refractivity contribution < 1.29 is 14.7 Å². The van der Waals surface area contributed by atoms with E-state index in [-0.39, 0.29) is 17.3 Å². The highest BCUT2D eigenvalue weighted by Crippen LogP contribution is 2.23. The molecule has 1 aromatic carbocycles. The number of benzene rings is 1. The zero-order chi connectivity index (χ0) is 13.1. The Kier molecular flexibility index (Phi) is 3.72. The van der Waals surface area contributed by atoms with Crippen molar-refractivity contribution in [3.8, 4) is 0 Å². The van der Waals surface area contributed by atoms with E-state index in [0.29, 0.717) is 5.56 Å². The van der Waals surface area contributed by atoms with E-state index in [1.807, 2.05) is 31.2 Å². The van der Waals surface area contributed by atoms with Crippen LogP contribution in [0.1, 0.15) is 16.1 Å². The Hall–Kier alpha value is -1.75. The van der Waals surface area contributed by atoms with Crippen LogP contribution in [0.25, 0.3) is 10.9 Å². The number of thioether (sulfide) groups is 1. The summed E-state index contributed by atoms with van der Waals surface area (Å²) in [5.74, 6) is -1.22. The molecular weight excluding hydrogens is 250 g/mol. The average molecular weight is 262 g/mol. The highest BCUT2D eigenvalue weighted by atomic mass is 32.2. The average Bonchev–Trinajstić information content (AvgIpc) is 2.64. The number of aryl methyl sites for hydroxylation is 1. The predicted molar refractivity (Wildman–Crippen MR) is 69.7 cm³/mol. The summed E-state index contributed by atoms with van der Waals surface area (Å²) in [5, 5.41) is 11.2. The van der Waals surface area contributed by atoms with Gasteiger partial charge in [-0.15, -0.1) is 11.8 Å². The molecule has 0 bridgehead atoms. The summed E-state index contributed by atoms with van der Waals surface area (Å²) in [7, 11) is 0. The van der Waals surface area contributed by atoms with Crippen molar-refractivity contribution in [1.82, 2.24) is 4.98 Å². The first kappa shape index (κ1) is 12.7. The number of aromatic amines is 1. The SMILES string of the molecule is Cc1[nH]c2ccccc2c1C(=O)CSCC(=O)[O-]. The third-order valence-electron chi connectivity index (χ3n) is 2.63. The number of H-pyrrole nitrogens is 1. The molecule has 0 aliphatic heterocycles. The summed E-state index contributed by atoms with van der Waals surface area (Å²) >= 11 is 1.06. The van der Waals surface area contributed by atoms with Gasteiger partial charge in [-0.2, -0.15) is 0 Å². The van der Waals surface area contributed by atoms with Gasteiger partial charge in [0.15, 0.2) is 5.78 Å². The summed E-state index contributed by atoms with van der Waals surface area (Å²) in [5.41, 5.74) is 2.38. The molecule has 0 aliphatic carbocycles. The van der Waals surface area contributed by atoms with Gasteiger partial charge in [0.25, 0.3) is 0 Å². The van der Waals surface area contributed by atoms with Crippen LogP contribution in [0.2, 0.25) is 0 Å². The van der Waals surface area contributed by atoms with Crippen LogP contribution in [-0.2, 0) is 4.79 Å². The lowest BCUT2D eigenvalue weighted by atomic mass is 10.1. The largest absolute Gasteiger partial charge is 0.549 e. The van der Waals surface area contributed by atoms with Crippen molar-refractivity contribution in [2.45, 2.75) is 6.92 Å². The molecule has 0 radical (unpaired) electrons. The lowest BCUT2D eigenvalue weighted by molar-refractivity contribution is -0.301. The van der Waals surface area contributed by atoms with E-state index in [4.69, 9.17) is 0 Å². The number of nitrogens with one attached hydrogen (secondary N) is 1. The van der Waals surface area contributed by atoms with E-state index in [2.05, 4.69) is 4.98 Å². The summed E-state index contributed by atoms with van der Waals surface area (Å²) in [6.07, 6.45) is 0. The fourth-order valence-corrected chi connectivity index (χ4v) is 2.53. The molecule has 0 spiro atoms. The normalized spacial score (nSPS) is 10.7. The molecule has 2 aromatic rings.